The van der Waals surface area contributed by atoms with E-state index >= 15 is 0 Å². The highest BCUT2D eigenvalue weighted by molar-refractivity contribution is 5.70. The molecule has 0 amide bonds. The molecule has 0 spiro atoms. The molecular weight excluding hydrogens is 322 g/mol. The first-order valence-corrected chi connectivity index (χ1v) is 9.99. The van der Waals surface area contributed by atoms with Crippen molar-refractivity contribution in [3.05, 3.63) is 60.4 Å². The Morgan fingerprint density at radius 2 is 1.58 bits per heavy atom. The maximum absolute atomic E-state index is 11.7. The lowest BCUT2D eigenvalue weighted by Crippen LogP contribution is -2.31. The average Bonchev–Trinajstić information content (AvgIpc) is 2.67. The lowest BCUT2D eigenvalue weighted by atomic mass is 9.92. The Labute approximate surface area is 157 Å². The van der Waals surface area contributed by atoms with Crippen LogP contribution in [0.25, 0.3) is 5.69 Å². The van der Waals surface area contributed by atoms with E-state index < -0.39 is 5.97 Å². The average molecular weight is 355 g/mol. The van der Waals surface area contributed by atoms with E-state index in [1.807, 2.05) is 42.7 Å². The molecule has 1 aromatic heterocycles. The molecule has 1 N–H and O–H groups in total. The van der Waals surface area contributed by atoms with Gasteiger partial charge < -0.3 is 5.11 Å². The predicted octanol–water partition coefficient (Wildman–Crippen LogP) is 5.35. The molecule has 2 rings (SSSR count). The highest BCUT2D eigenvalue weighted by atomic mass is 16.4. The van der Waals surface area contributed by atoms with E-state index in [-0.39, 0.29) is 5.92 Å². The van der Waals surface area contributed by atoms with Crippen LogP contribution in [-0.2, 0) is 11.2 Å². The molecule has 0 bridgehead atoms. The second-order valence-corrected chi connectivity index (χ2v) is 7.06. The number of carbonyl (C=O) groups is 1. The summed E-state index contributed by atoms with van der Waals surface area (Å²) in [7, 11) is 0. The summed E-state index contributed by atoms with van der Waals surface area (Å²) in [6.45, 7) is 2.23. The molecule has 1 unspecified atom stereocenters. The number of pyridine rings is 1. The maximum Gasteiger partial charge on any atom is 0.306 e. The van der Waals surface area contributed by atoms with Crippen LogP contribution in [0, 0.1) is 5.92 Å². The van der Waals surface area contributed by atoms with E-state index in [0.29, 0.717) is 6.42 Å². The predicted molar refractivity (Wildman–Crippen MR) is 105 cm³/mol. The quantitative estimate of drug-likeness (QED) is 0.412. The van der Waals surface area contributed by atoms with E-state index in [2.05, 4.69) is 23.6 Å². The van der Waals surface area contributed by atoms with Gasteiger partial charge in [-0.05, 0) is 12.8 Å². The molecule has 0 radical (unpaired) electrons. The zero-order valence-electron chi connectivity index (χ0n) is 15.9. The number of hydrogen-bond acceptors (Lipinski definition) is 1. The monoisotopic (exact) mass is 354 g/mol. The molecule has 140 valence electrons. The van der Waals surface area contributed by atoms with Crippen molar-refractivity contribution in [3.63, 3.8) is 0 Å². The molecule has 2 aromatic rings. The van der Waals surface area contributed by atoms with E-state index in [4.69, 9.17) is 0 Å². The van der Waals surface area contributed by atoms with Crippen LogP contribution >= 0.6 is 0 Å². The lowest BCUT2D eigenvalue weighted by Gasteiger charge is -2.13. The molecular formula is C23H32NO2+. The van der Waals surface area contributed by atoms with E-state index in [1.54, 1.807) is 0 Å². The molecule has 1 heterocycles. The molecule has 0 saturated heterocycles. The Balaban J connectivity index is 1.93. The van der Waals surface area contributed by atoms with Crippen molar-refractivity contribution < 1.29 is 14.5 Å². The van der Waals surface area contributed by atoms with Crippen LogP contribution in [0.5, 0.6) is 0 Å². The van der Waals surface area contributed by atoms with Gasteiger partial charge in [-0.15, -0.1) is 0 Å². The van der Waals surface area contributed by atoms with Crippen LogP contribution in [0.2, 0.25) is 0 Å². The number of hydrogen-bond donors (Lipinski definition) is 1. The third kappa shape index (κ3) is 6.62. The third-order valence-electron chi connectivity index (χ3n) is 4.96. The number of nitrogens with zero attached hydrogens (tertiary/aromatic N) is 1. The zero-order chi connectivity index (χ0) is 18.6. The van der Waals surface area contributed by atoms with Gasteiger partial charge in [-0.3, -0.25) is 4.79 Å². The van der Waals surface area contributed by atoms with Crippen molar-refractivity contribution in [2.24, 2.45) is 5.92 Å². The van der Waals surface area contributed by atoms with Crippen molar-refractivity contribution in [1.82, 2.24) is 0 Å². The van der Waals surface area contributed by atoms with Crippen molar-refractivity contribution >= 4 is 5.97 Å². The van der Waals surface area contributed by atoms with Crippen LogP contribution in [0.15, 0.2) is 54.9 Å². The number of carboxylic acid groups (broad SMARTS) is 1. The fourth-order valence-corrected chi connectivity index (χ4v) is 3.42. The van der Waals surface area contributed by atoms with Gasteiger partial charge in [0.05, 0.1) is 5.92 Å². The molecule has 0 aliphatic heterocycles. The minimum absolute atomic E-state index is 0.309. The van der Waals surface area contributed by atoms with E-state index in [9.17, 15) is 9.90 Å². The first-order chi connectivity index (χ1) is 12.7. The van der Waals surface area contributed by atoms with Gasteiger partial charge in [0, 0.05) is 23.8 Å². The number of aliphatic carboxylic acids is 1. The van der Waals surface area contributed by atoms with Crippen molar-refractivity contribution in [3.8, 4) is 5.69 Å². The van der Waals surface area contributed by atoms with Crippen LogP contribution in [0.3, 0.4) is 0 Å². The fraction of sp³-hybridized carbons (Fsp3) is 0.478. The first-order valence-electron chi connectivity index (χ1n) is 9.99. The summed E-state index contributed by atoms with van der Waals surface area (Å²) in [5.41, 5.74) is 2.16. The standard InChI is InChI=1S/C23H31NO2/c1-2-3-4-5-6-7-9-15-21(23(25)26)19-20-14-10-11-16-22(20)24-17-12-8-13-18-24/h8,10-14,16-18,21H,2-7,9,15,19H2,1H3/p+1. The molecule has 0 fully saturated rings. The summed E-state index contributed by atoms with van der Waals surface area (Å²) in [5, 5.41) is 9.66. The Bertz CT molecular complexity index is 654. The van der Waals surface area contributed by atoms with E-state index in [0.717, 1.165) is 30.5 Å². The lowest BCUT2D eigenvalue weighted by molar-refractivity contribution is -0.596. The normalized spacial score (nSPS) is 12.0. The zero-order valence-corrected chi connectivity index (χ0v) is 15.9. The molecule has 26 heavy (non-hydrogen) atoms. The number of benzene rings is 1. The van der Waals surface area contributed by atoms with Crippen molar-refractivity contribution in [1.29, 1.82) is 0 Å². The SMILES string of the molecule is CCCCCCCCCC(Cc1ccccc1-[n+]1ccccc1)C(=O)O. The number of aromatic nitrogens is 1. The molecule has 0 saturated carbocycles. The van der Waals surface area contributed by atoms with Gasteiger partial charge in [-0.2, -0.15) is 4.57 Å². The van der Waals surface area contributed by atoms with Gasteiger partial charge in [-0.1, -0.05) is 76.1 Å². The topological polar surface area (TPSA) is 41.2 Å². The molecule has 0 aliphatic carbocycles. The molecule has 1 atom stereocenters. The Morgan fingerprint density at radius 1 is 0.923 bits per heavy atom. The second kappa shape index (κ2) is 11.5. The number of para-hydroxylation sites is 1. The molecule has 1 aromatic carbocycles. The fourth-order valence-electron chi connectivity index (χ4n) is 3.42. The van der Waals surface area contributed by atoms with Crippen LogP contribution in [-0.4, -0.2) is 11.1 Å². The Kier molecular flexibility index (Phi) is 8.88. The highest BCUT2D eigenvalue weighted by Crippen LogP contribution is 2.20. The largest absolute Gasteiger partial charge is 0.481 e. The van der Waals surface area contributed by atoms with Gasteiger partial charge in [0.1, 0.15) is 0 Å². The maximum atomic E-state index is 11.7. The summed E-state index contributed by atoms with van der Waals surface area (Å²) in [5.74, 6) is -0.986. The summed E-state index contributed by atoms with van der Waals surface area (Å²) in [4.78, 5) is 11.7. The van der Waals surface area contributed by atoms with Gasteiger partial charge in [0.25, 0.3) is 0 Å². The van der Waals surface area contributed by atoms with Crippen LogP contribution < -0.4 is 4.57 Å². The highest BCUT2D eigenvalue weighted by Gasteiger charge is 2.21. The van der Waals surface area contributed by atoms with Gasteiger partial charge in [-0.25, -0.2) is 0 Å². The number of rotatable bonds is 12. The van der Waals surface area contributed by atoms with Gasteiger partial charge in [0.15, 0.2) is 12.4 Å². The van der Waals surface area contributed by atoms with Crippen molar-refractivity contribution in [2.45, 2.75) is 64.7 Å². The van der Waals surface area contributed by atoms with Crippen LogP contribution in [0.4, 0.5) is 0 Å². The summed E-state index contributed by atoms with van der Waals surface area (Å²) < 4.78 is 2.06. The minimum Gasteiger partial charge on any atom is -0.481 e. The smallest absolute Gasteiger partial charge is 0.306 e. The van der Waals surface area contributed by atoms with E-state index in [1.165, 1.54) is 32.1 Å². The van der Waals surface area contributed by atoms with Crippen molar-refractivity contribution in [2.75, 3.05) is 0 Å². The summed E-state index contributed by atoms with van der Waals surface area (Å²) >= 11 is 0. The molecule has 0 aliphatic rings. The Morgan fingerprint density at radius 3 is 2.27 bits per heavy atom. The van der Waals surface area contributed by atoms with Gasteiger partial charge in [0.2, 0.25) is 5.69 Å². The number of carboxylic acids is 1. The molecule has 3 nitrogen and oxygen atoms in total. The third-order valence-corrected chi connectivity index (χ3v) is 4.96. The molecule has 3 heteroatoms. The van der Waals surface area contributed by atoms with Crippen LogP contribution in [0.1, 0.15) is 63.9 Å². The first kappa shape index (κ1) is 20.2. The van der Waals surface area contributed by atoms with Gasteiger partial charge >= 0.3 is 5.97 Å². The Hall–Kier alpha value is -2.16. The number of unbranched alkanes of at least 4 members (excludes halogenated alkanes) is 6. The summed E-state index contributed by atoms with van der Waals surface area (Å²) in [6.07, 6.45) is 13.9. The summed E-state index contributed by atoms with van der Waals surface area (Å²) in [6, 6.07) is 14.1. The minimum atomic E-state index is -0.677. The second-order valence-electron chi connectivity index (χ2n) is 7.06.